The van der Waals surface area contributed by atoms with Crippen LogP contribution in [0.4, 0.5) is 0 Å². The predicted octanol–water partition coefficient (Wildman–Crippen LogP) is 1.22. The molecule has 0 bridgehead atoms. The van der Waals surface area contributed by atoms with Crippen molar-refractivity contribution in [1.82, 2.24) is 5.32 Å². The lowest BCUT2D eigenvalue weighted by molar-refractivity contribution is -0.000824. The van der Waals surface area contributed by atoms with Crippen molar-refractivity contribution in [1.29, 1.82) is 0 Å². The molecule has 0 amide bonds. The number of piperidine rings is 1. The maximum atomic E-state index is 5.83. The van der Waals surface area contributed by atoms with E-state index in [0.29, 0.717) is 0 Å². The van der Waals surface area contributed by atoms with Crippen LogP contribution in [0.15, 0.2) is 0 Å². The molecule has 2 rings (SSSR count). The second kappa shape index (κ2) is 3.33. The molecule has 2 nitrogen and oxygen atoms in total. The van der Waals surface area contributed by atoms with Crippen molar-refractivity contribution >= 4 is 11.8 Å². The highest BCUT2D eigenvalue weighted by Crippen LogP contribution is 2.38. The van der Waals surface area contributed by atoms with Crippen molar-refractivity contribution in [3.8, 4) is 0 Å². The molecule has 0 aliphatic carbocycles. The second-order valence-electron chi connectivity index (χ2n) is 3.21. The van der Waals surface area contributed by atoms with Crippen molar-refractivity contribution in [3.63, 3.8) is 0 Å². The van der Waals surface area contributed by atoms with Crippen molar-refractivity contribution < 1.29 is 4.74 Å². The van der Waals surface area contributed by atoms with Crippen LogP contribution in [0.25, 0.3) is 0 Å². The molecule has 2 aliphatic rings. The highest BCUT2D eigenvalue weighted by atomic mass is 32.2. The van der Waals surface area contributed by atoms with Crippen LogP contribution in [-0.2, 0) is 4.74 Å². The van der Waals surface area contributed by atoms with Gasteiger partial charge in [-0.25, -0.2) is 0 Å². The summed E-state index contributed by atoms with van der Waals surface area (Å²) in [6.07, 6.45) is 3.62. The molecule has 0 aromatic carbocycles. The molecule has 0 atom stereocenters. The van der Waals surface area contributed by atoms with Gasteiger partial charge < -0.3 is 10.1 Å². The lowest BCUT2D eigenvalue weighted by Gasteiger charge is -2.39. The van der Waals surface area contributed by atoms with Gasteiger partial charge in [0.25, 0.3) is 0 Å². The van der Waals surface area contributed by atoms with Crippen molar-refractivity contribution in [2.45, 2.75) is 24.2 Å². The maximum Gasteiger partial charge on any atom is 0.116 e. The summed E-state index contributed by atoms with van der Waals surface area (Å²) in [5, 5.41) is 3.36. The van der Waals surface area contributed by atoms with Gasteiger partial charge in [0, 0.05) is 6.61 Å². The SMILES string of the molecule is C1COC2(CCNCC2)SC1. The Morgan fingerprint density at radius 2 is 2.09 bits per heavy atom. The monoisotopic (exact) mass is 173 g/mol. The molecule has 0 aromatic rings. The van der Waals surface area contributed by atoms with Gasteiger partial charge in [0.2, 0.25) is 0 Å². The summed E-state index contributed by atoms with van der Waals surface area (Å²) in [5.41, 5.74) is 0. The van der Waals surface area contributed by atoms with Crippen LogP contribution in [0.2, 0.25) is 0 Å². The topological polar surface area (TPSA) is 21.3 Å². The van der Waals surface area contributed by atoms with E-state index in [9.17, 15) is 0 Å². The first-order valence-corrected chi connectivity index (χ1v) is 5.39. The van der Waals surface area contributed by atoms with Crippen molar-refractivity contribution in [3.05, 3.63) is 0 Å². The molecule has 2 heterocycles. The van der Waals surface area contributed by atoms with E-state index >= 15 is 0 Å². The summed E-state index contributed by atoms with van der Waals surface area (Å²) >= 11 is 2.02. The molecule has 1 spiro atoms. The van der Waals surface area contributed by atoms with Gasteiger partial charge in [0.05, 0.1) is 0 Å². The third-order valence-electron chi connectivity index (χ3n) is 2.38. The third-order valence-corrected chi connectivity index (χ3v) is 3.93. The average molecular weight is 173 g/mol. The molecule has 64 valence electrons. The molecule has 2 fully saturated rings. The zero-order valence-corrected chi connectivity index (χ0v) is 7.58. The Labute approximate surface area is 72.1 Å². The van der Waals surface area contributed by atoms with E-state index in [1.165, 1.54) is 25.0 Å². The van der Waals surface area contributed by atoms with Crippen molar-refractivity contribution in [2.75, 3.05) is 25.4 Å². The van der Waals surface area contributed by atoms with Crippen LogP contribution in [-0.4, -0.2) is 30.4 Å². The molecule has 0 unspecified atom stereocenters. The fourth-order valence-electron chi connectivity index (χ4n) is 1.71. The summed E-state index contributed by atoms with van der Waals surface area (Å²) < 4.78 is 5.83. The largest absolute Gasteiger partial charge is 0.364 e. The number of nitrogens with one attached hydrogen (secondary N) is 1. The van der Waals surface area contributed by atoms with Crippen LogP contribution in [0.3, 0.4) is 0 Å². The maximum absolute atomic E-state index is 5.83. The van der Waals surface area contributed by atoms with Crippen LogP contribution in [0.5, 0.6) is 0 Å². The highest BCUT2D eigenvalue weighted by molar-refractivity contribution is 8.00. The number of thioether (sulfide) groups is 1. The van der Waals surface area contributed by atoms with Crippen LogP contribution in [0.1, 0.15) is 19.3 Å². The number of rotatable bonds is 0. The first-order valence-electron chi connectivity index (χ1n) is 4.40. The van der Waals surface area contributed by atoms with E-state index in [0.717, 1.165) is 19.7 Å². The molecular weight excluding hydrogens is 158 g/mol. The Bertz CT molecular complexity index is 109. The number of hydrogen-bond acceptors (Lipinski definition) is 3. The van der Waals surface area contributed by atoms with Crippen molar-refractivity contribution in [2.24, 2.45) is 0 Å². The van der Waals surface area contributed by atoms with Crippen LogP contribution in [0, 0.1) is 0 Å². The van der Waals surface area contributed by atoms with E-state index < -0.39 is 0 Å². The molecule has 0 radical (unpaired) electrons. The lowest BCUT2D eigenvalue weighted by atomic mass is 10.1. The van der Waals surface area contributed by atoms with Gasteiger partial charge in [-0.05, 0) is 38.1 Å². The van der Waals surface area contributed by atoms with Gasteiger partial charge in [-0.3, -0.25) is 0 Å². The normalized spacial score (nSPS) is 30.5. The van der Waals surface area contributed by atoms with E-state index in [-0.39, 0.29) is 4.93 Å². The molecule has 3 heteroatoms. The van der Waals surface area contributed by atoms with E-state index in [4.69, 9.17) is 4.74 Å². The van der Waals surface area contributed by atoms with Crippen LogP contribution >= 0.6 is 11.8 Å². The Balaban J connectivity index is 1.94. The molecule has 11 heavy (non-hydrogen) atoms. The number of hydrogen-bond donors (Lipinski definition) is 1. The fraction of sp³-hybridized carbons (Fsp3) is 1.00. The minimum Gasteiger partial charge on any atom is -0.364 e. The van der Waals surface area contributed by atoms with Gasteiger partial charge >= 0.3 is 0 Å². The van der Waals surface area contributed by atoms with E-state index in [1.54, 1.807) is 0 Å². The number of ether oxygens (including phenoxy) is 1. The fourth-order valence-corrected chi connectivity index (χ4v) is 3.01. The summed E-state index contributed by atoms with van der Waals surface area (Å²) in [7, 11) is 0. The summed E-state index contributed by atoms with van der Waals surface area (Å²) in [5.74, 6) is 1.29. The smallest absolute Gasteiger partial charge is 0.116 e. The standard InChI is InChI=1S/C8H15NOS/c1-6-10-8(11-7-1)2-4-9-5-3-8/h9H,1-7H2. The van der Waals surface area contributed by atoms with Gasteiger partial charge in [0.15, 0.2) is 0 Å². The van der Waals surface area contributed by atoms with Gasteiger partial charge in [-0.2, -0.15) is 0 Å². The zero-order chi connectivity index (χ0) is 7.57. The molecular formula is C8H15NOS. The molecule has 0 aromatic heterocycles. The lowest BCUT2D eigenvalue weighted by Crippen LogP contribution is -2.43. The summed E-state index contributed by atoms with van der Waals surface area (Å²) in [4.78, 5) is 0.212. The third kappa shape index (κ3) is 1.71. The Morgan fingerprint density at radius 3 is 2.73 bits per heavy atom. The minimum absolute atomic E-state index is 0.212. The Kier molecular flexibility index (Phi) is 2.39. The molecule has 0 saturated carbocycles. The Hall–Kier alpha value is 0.270. The molecule has 2 saturated heterocycles. The quantitative estimate of drug-likeness (QED) is 0.595. The first kappa shape index (κ1) is 7.90. The second-order valence-corrected chi connectivity index (χ2v) is 4.65. The summed E-state index contributed by atoms with van der Waals surface area (Å²) in [6.45, 7) is 3.24. The predicted molar refractivity (Wildman–Crippen MR) is 47.9 cm³/mol. The van der Waals surface area contributed by atoms with Gasteiger partial charge in [-0.15, -0.1) is 11.8 Å². The van der Waals surface area contributed by atoms with Gasteiger partial charge in [0.1, 0.15) is 4.93 Å². The minimum atomic E-state index is 0.212. The van der Waals surface area contributed by atoms with E-state index in [2.05, 4.69) is 5.32 Å². The van der Waals surface area contributed by atoms with Crippen LogP contribution < -0.4 is 5.32 Å². The Morgan fingerprint density at radius 1 is 1.27 bits per heavy atom. The zero-order valence-electron chi connectivity index (χ0n) is 6.77. The van der Waals surface area contributed by atoms with Gasteiger partial charge in [-0.1, -0.05) is 0 Å². The first-order chi connectivity index (χ1) is 5.41. The van der Waals surface area contributed by atoms with E-state index in [1.807, 2.05) is 11.8 Å². The summed E-state index contributed by atoms with van der Waals surface area (Å²) in [6, 6.07) is 0. The molecule has 2 aliphatic heterocycles. The molecule has 1 N–H and O–H groups in total. The highest BCUT2D eigenvalue weighted by Gasteiger charge is 2.35. The average Bonchev–Trinajstić information content (AvgIpc) is 2.07.